The van der Waals surface area contributed by atoms with E-state index in [1.54, 1.807) is 6.07 Å². The van der Waals surface area contributed by atoms with Gasteiger partial charge in [-0.3, -0.25) is 4.79 Å². The molecule has 1 heterocycles. The highest BCUT2D eigenvalue weighted by Crippen LogP contribution is 2.07. The van der Waals surface area contributed by atoms with Crippen molar-refractivity contribution >= 4 is 11.9 Å². The van der Waals surface area contributed by atoms with Gasteiger partial charge in [-0.1, -0.05) is 30.3 Å². The molecule has 1 amide bonds. The van der Waals surface area contributed by atoms with Gasteiger partial charge in [-0.15, -0.1) is 0 Å². The van der Waals surface area contributed by atoms with E-state index in [4.69, 9.17) is 0 Å². The fraction of sp³-hybridized carbons (Fsp3) is 0.353. The number of benzene rings is 1. The van der Waals surface area contributed by atoms with Gasteiger partial charge < -0.3 is 15.5 Å². The van der Waals surface area contributed by atoms with Gasteiger partial charge in [0.05, 0.1) is 0 Å². The molecule has 1 aromatic carbocycles. The Bertz CT molecular complexity index is 643. The average Bonchev–Trinajstić information content (AvgIpc) is 2.53. The van der Waals surface area contributed by atoms with Gasteiger partial charge in [0.25, 0.3) is 5.91 Å². The van der Waals surface area contributed by atoms with Gasteiger partial charge in [-0.05, 0) is 32.6 Å². The molecule has 1 aromatic heterocycles. The normalized spacial score (nSPS) is 10.6. The molecule has 0 fully saturated rings. The lowest BCUT2D eigenvalue weighted by Gasteiger charge is -2.11. The molecule has 0 aliphatic carbocycles. The molecule has 0 aliphatic rings. The predicted molar refractivity (Wildman–Crippen MR) is 91.4 cm³/mol. The first-order chi connectivity index (χ1) is 11.0. The Morgan fingerprint density at radius 2 is 1.91 bits per heavy atom. The monoisotopic (exact) mass is 313 g/mol. The van der Waals surface area contributed by atoms with Crippen LogP contribution >= 0.6 is 0 Å². The SMILES string of the molecule is Cc1cc(C(=O)NCCN(C)C)nc(NCc2ccccc2)n1. The Hall–Kier alpha value is -2.47. The zero-order valence-electron chi connectivity index (χ0n) is 13.8. The largest absolute Gasteiger partial charge is 0.350 e. The van der Waals surface area contributed by atoms with Crippen LogP contribution in [0.15, 0.2) is 36.4 Å². The summed E-state index contributed by atoms with van der Waals surface area (Å²) in [6.45, 7) is 3.84. The lowest BCUT2D eigenvalue weighted by molar-refractivity contribution is 0.0946. The number of aromatic nitrogens is 2. The average molecular weight is 313 g/mol. The Morgan fingerprint density at radius 3 is 2.61 bits per heavy atom. The minimum Gasteiger partial charge on any atom is -0.350 e. The molecule has 6 heteroatoms. The van der Waals surface area contributed by atoms with E-state index in [-0.39, 0.29) is 5.91 Å². The van der Waals surface area contributed by atoms with Crippen molar-refractivity contribution in [1.29, 1.82) is 0 Å². The number of nitrogens with zero attached hydrogens (tertiary/aromatic N) is 3. The number of likely N-dealkylation sites (N-methyl/N-ethyl adjacent to an activating group) is 1. The van der Waals surface area contributed by atoms with E-state index in [1.807, 2.05) is 56.3 Å². The fourth-order valence-corrected chi connectivity index (χ4v) is 2.02. The van der Waals surface area contributed by atoms with Crippen LogP contribution in [0.4, 0.5) is 5.95 Å². The van der Waals surface area contributed by atoms with Gasteiger partial charge >= 0.3 is 0 Å². The molecule has 0 saturated heterocycles. The second-order valence-corrected chi connectivity index (χ2v) is 5.62. The molecule has 23 heavy (non-hydrogen) atoms. The van der Waals surface area contributed by atoms with E-state index in [9.17, 15) is 4.79 Å². The van der Waals surface area contributed by atoms with Crippen molar-refractivity contribution in [2.75, 3.05) is 32.5 Å². The molecule has 0 radical (unpaired) electrons. The van der Waals surface area contributed by atoms with Crippen LogP contribution in [0.3, 0.4) is 0 Å². The Balaban J connectivity index is 1.99. The highest BCUT2D eigenvalue weighted by molar-refractivity contribution is 5.92. The Kier molecular flexibility index (Phi) is 6.05. The number of hydrogen-bond donors (Lipinski definition) is 2. The number of carbonyl (C=O) groups is 1. The Morgan fingerprint density at radius 1 is 1.17 bits per heavy atom. The van der Waals surface area contributed by atoms with E-state index >= 15 is 0 Å². The molecular weight excluding hydrogens is 290 g/mol. The number of aryl methyl sites for hydroxylation is 1. The summed E-state index contributed by atoms with van der Waals surface area (Å²) in [5.41, 5.74) is 2.27. The summed E-state index contributed by atoms with van der Waals surface area (Å²) >= 11 is 0. The number of rotatable bonds is 7. The van der Waals surface area contributed by atoms with Crippen molar-refractivity contribution in [2.24, 2.45) is 0 Å². The van der Waals surface area contributed by atoms with Gasteiger partial charge in [0.15, 0.2) is 0 Å². The summed E-state index contributed by atoms with van der Waals surface area (Å²) in [5.74, 6) is 0.284. The van der Waals surface area contributed by atoms with Crippen molar-refractivity contribution in [3.05, 3.63) is 53.3 Å². The van der Waals surface area contributed by atoms with Crippen molar-refractivity contribution in [1.82, 2.24) is 20.2 Å². The molecule has 2 N–H and O–H groups in total. The summed E-state index contributed by atoms with van der Waals surface area (Å²) in [4.78, 5) is 22.8. The van der Waals surface area contributed by atoms with Gasteiger partial charge in [0.2, 0.25) is 5.95 Å². The predicted octanol–water partition coefficient (Wildman–Crippen LogP) is 1.69. The Labute approximate surface area is 137 Å². The molecule has 0 saturated carbocycles. The molecule has 0 spiro atoms. The number of amides is 1. The highest BCUT2D eigenvalue weighted by Gasteiger charge is 2.10. The molecule has 6 nitrogen and oxygen atoms in total. The van der Waals surface area contributed by atoms with Crippen molar-refractivity contribution in [3.63, 3.8) is 0 Å². The van der Waals surface area contributed by atoms with Crippen LogP contribution in [0.2, 0.25) is 0 Å². The van der Waals surface area contributed by atoms with Crippen LogP contribution in [0.25, 0.3) is 0 Å². The zero-order valence-corrected chi connectivity index (χ0v) is 13.8. The van der Waals surface area contributed by atoms with Gasteiger partial charge in [-0.25, -0.2) is 9.97 Å². The van der Waals surface area contributed by atoms with Crippen molar-refractivity contribution in [2.45, 2.75) is 13.5 Å². The minimum atomic E-state index is -0.180. The van der Waals surface area contributed by atoms with E-state index < -0.39 is 0 Å². The van der Waals surface area contributed by atoms with E-state index in [0.29, 0.717) is 24.7 Å². The number of anilines is 1. The number of nitrogens with one attached hydrogen (secondary N) is 2. The fourth-order valence-electron chi connectivity index (χ4n) is 2.02. The second kappa shape index (κ2) is 8.24. The summed E-state index contributed by atoms with van der Waals surface area (Å²) in [6.07, 6.45) is 0. The summed E-state index contributed by atoms with van der Waals surface area (Å²) in [6, 6.07) is 11.7. The van der Waals surface area contributed by atoms with E-state index in [0.717, 1.165) is 17.8 Å². The maximum absolute atomic E-state index is 12.2. The first-order valence-corrected chi connectivity index (χ1v) is 7.61. The topological polar surface area (TPSA) is 70.2 Å². The lowest BCUT2D eigenvalue weighted by Crippen LogP contribution is -2.32. The number of carbonyl (C=O) groups excluding carboxylic acids is 1. The van der Waals surface area contributed by atoms with Crippen LogP contribution in [0.5, 0.6) is 0 Å². The van der Waals surface area contributed by atoms with Crippen LogP contribution in [-0.4, -0.2) is 48.0 Å². The van der Waals surface area contributed by atoms with Gasteiger partial charge in [0.1, 0.15) is 5.69 Å². The van der Waals surface area contributed by atoms with Gasteiger partial charge in [-0.2, -0.15) is 0 Å². The molecule has 0 bridgehead atoms. The molecule has 2 rings (SSSR count). The third kappa shape index (κ3) is 5.67. The maximum Gasteiger partial charge on any atom is 0.270 e. The van der Waals surface area contributed by atoms with Crippen LogP contribution in [0, 0.1) is 6.92 Å². The van der Waals surface area contributed by atoms with E-state index in [1.165, 1.54) is 0 Å². The number of hydrogen-bond acceptors (Lipinski definition) is 5. The third-order valence-corrected chi connectivity index (χ3v) is 3.22. The van der Waals surface area contributed by atoms with Crippen LogP contribution in [0.1, 0.15) is 21.7 Å². The molecule has 0 unspecified atom stereocenters. The summed E-state index contributed by atoms with van der Waals surface area (Å²) in [5, 5.41) is 6.02. The molecular formula is C17H23N5O. The molecule has 0 atom stereocenters. The van der Waals surface area contributed by atoms with E-state index in [2.05, 4.69) is 20.6 Å². The summed E-state index contributed by atoms with van der Waals surface area (Å²) < 4.78 is 0. The maximum atomic E-state index is 12.2. The molecule has 2 aromatic rings. The minimum absolute atomic E-state index is 0.180. The first kappa shape index (κ1) is 16.9. The summed E-state index contributed by atoms with van der Waals surface area (Å²) in [7, 11) is 3.93. The standard InChI is InChI=1S/C17H23N5O/c1-13-11-15(16(23)18-9-10-22(2)3)21-17(20-13)19-12-14-7-5-4-6-8-14/h4-8,11H,9-10,12H2,1-3H3,(H,18,23)(H,19,20,21). The molecule has 0 aliphatic heterocycles. The highest BCUT2D eigenvalue weighted by atomic mass is 16.1. The lowest BCUT2D eigenvalue weighted by atomic mass is 10.2. The van der Waals surface area contributed by atoms with Crippen LogP contribution in [-0.2, 0) is 6.54 Å². The smallest absolute Gasteiger partial charge is 0.270 e. The van der Waals surface area contributed by atoms with Gasteiger partial charge in [0, 0.05) is 25.3 Å². The third-order valence-electron chi connectivity index (χ3n) is 3.22. The molecule has 122 valence electrons. The zero-order chi connectivity index (χ0) is 16.7. The van der Waals surface area contributed by atoms with Crippen molar-refractivity contribution < 1.29 is 4.79 Å². The quantitative estimate of drug-likeness (QED) is 0.814. The van der Waals surface area contributed by atoms with Crippen LogP contribution < -0.4 is 10.6 Å². The van der Waals surface area contributed by atoms with Crippen molar-refractivity contribution in [3.8, 4) is 0 Å². The second-order valence-electron chi connectivity index (χ2n) is 5.62. The first-order valence-electron chi connectivity index (χ1n) is 7.61.